The average molecular weight is 372 g/mol. The zero-order valence-corrected chi connectivity index (χ0v) is 14.9. The molecule has 0 saturated heterocycles. The lowest BCUT2D eigenvalue weighted by Gasteiger charge is -2.11. The van der Waals surface area contributed by atoms with Gasteiger partial charge in [0.25, 0.3) is 11.4 Å². The Balaban J connectivity index is 1.88. The molecule has 0 N–H and O–H groups in total. The number of rotatable bonds is 9. The minimum absolute atomic E-state index is 0.144. The molecule has 0 spiro atoms. The first kappa shape index (κ1) is 20.0. The molecule has 8 nitrogen and oxygen atoms in total. The van der Waals surface area contributed by atoms with Gasteiger partial charge in [-0.25, -0.2) is 4.79 Å². The minimum atomic E-state index is -0.808. The number of carbonyl (C=O) groups is 1. The van der Waals surface area contributed by atoms with E-state index < -0.39 is 27.2 Å². The van der Waals surface area contributed by atoms with Gasteiger partial charge in [-0.1, -0.05) is 37.3 Å². The number of ether oxygens (including phenoxy) is 1. The van der Waals surface area contributed by atoms with Gasteiger partial charge in [0, 0.05) is 12.1 Å². The van der Waals surface area contributed by atoms with Crippen molar-refractivity contribution in [1.82, 2.24) is 0 Å². The van der Waals surface area contributed by atoms with Gasteiger partial charge >= 0.3 is 5.97 Å². The SMILES string of the molecule is CC(CCOC(=O)c1cc([N+](=O)[O-])cc([N+](=O)[O-])c1)CCc1ccccc1. The smallest absolute Gasteiger partial charge is 0.338 e. The van der Waals surface area contributed by atoms with E-state index >= 15 is 0 Å². The van der Waals surface area contributed by atoms with Crippen molar-refractivity contribution < 1.29 is 19.4 Å². The summed E-state index contributed by atoms with van der Waals surface area (Å²) in [7, 11) is 0. The second-order valence-electron chi connectivity index (χ2n) is 6.31. The Morgan fingerprint density at radius 1 is 1.00 bits per heavy atom. The van der Waals surface area contributed by atoms with Gasteiger partial charge < -0.3 is 4.74 Å². The summed E-state index contributed by atoms with van der Waals surface area (Å²) in [5.74, 6) is -0.491. The first-order valence-electron chi connectivity index (χ1n) is 8.51. The van der Waals surface area contributed by atoms with Crippen LogP contribution in [-0.2, 0) is 11.2 Å². The van der Waals surface area contributed by atoms with Gasteiger partial charge in [-0.05, 0) is 30.7 Å². The van der Waals surface area contributed by atoms with E-state index in [1.54, 1.807) is 0 Å². The van der Waals surface area contributed by atoms with Crippen LogP contribution in [-0.4, -0.2) is 22.4 Å². The molecular weight excluding hydrogens is 352 g/mol. The number of esters is 1. The first-order chi connectivity index (χ1) is 12.9. The molecule has 8 heteroatoms. The lowest BCUT2D eigenvalue weighted by Crippen LogP contribution is -2.10. The molecule has 142 valence electrons. The normalized spacial score (nSPS) is 11.6. The lowest BCUT2D eigenvalue weighted by molar-refractivity contribution is -0.394. The number of hydrogen-bond donors (Lipinski definition) is 0. The molecule has 27 heavy (non-hydrogen) atoms. The van der Waals surface area contributed by atoms with Crippen LogP contribution in [0.4, 0.5) is 11.4 Å². The van der Waals surface area contributed by atoms with Crippen LogP contribution >= 0.6 is 0 Å². The molecular formula is C19H20N2O6. The number of nitro groups is 2. The summed E-state index contributed by atoms with van der Waals surface area (Å²) >= 11 is 0. The highest BCUT2D eigenvalue weighted by Gasteiger charge is 2.20. The molecule has 0 saturated carbocycles. The number of nitro benzene ring substituents is 2. The van der Waals surface area contributed by atoms with Crippen molar-refractivity contribution in [3.8, 4) is 0 Å². The van der Waals surface area contributed by atoms with Crippen LogP contribution in [0.2, 0.25) is 0 Å². The molecule has 0 amide bonds. The zero-order chi connectivity index (χ0) is 19.8. The maximum atomic E-state index is 12.1. The zero-order valence-electron chi connectivity index (χ0n) is 14.9. The average Bonchev–Trinajstić information content (AvgIpc) is 2.66. The first-order valence-corrected chi connectivity index (χ1v) is 8.51. The predicted octanol–water partition coefficient (Wildman–Crippen LogP) is 4.32. The van der Waals surface area contributed by atoms with E-state index in [1.165, 1.54) is 5.56 Å². The van der Waals surface area contributed by atoms with Crippen LogP contribution in [0.25, 0.3) is 0 Å². The summed E-state index contributed by atoms with van der Waals surface area (Å²) in [5, 5.41) is 21.7. The Kier molecular flexibility index (Phi) is 6.99. The summed E-state index contributed by atoms with van der Waals surface area (Å²) in [6, 6.07) is 12.8. The summed E-state index contributed by atoms with van der Waals surface area (Å²) in [4.78, 5) is 32.3. The third kappa shape index (κ3) is 6.18. The number of hydrogen-bond acceptors (Lipinski definition) is 6. The van der Waals surface area contributed by atoms with Gasteiger partial charge in [-0.15, -0.1) is 0 Å². The maximum Gasteiger partial charge on any atom is 0.338 e. The maximum absolute atomic E-state index is 12.1. The van der Waals surface area contributed by atoms with Crippen LogP contribution < -0.4 is 0 Å². The largest absolute Gasteiger partial charge is 0.462 e. The summed E-state index contributed by atoms with van der Waals surface area (Å²) < 4.78 is 5.14. The Labute approximate surface area is 156 Å². The van der Waals surface area contributed by atoms with Crippen molar-refractivity contribution in [3.05, 3.63) is 79.9 Å². The predicted molar refractivity (Wildman–Crippen MR) is 98.6 cm³/mol. The number of aryl methyl sites for hydroxylation is 1. The van der Waals surface area contributed by atoms with Crippen molar-refractivity contribution in [3.63, 3.8) is 0 Å². The van der Waals surface area contributed by atoms with Gasteiger partial charge in [0.1, 0.15) is 0 Å². The van der Waals surface area contributed by atoms with E-state index in [0.29, 0.717) is 12.3 Å². The van der Waals surface area contributed by atoms with Gasteiger partial charge in [0.05, 0.1) is 28.1 Å². The molecule has 1 atom stereocenters. The minimum Gasteiger partial charge on any atom is -0.462 e. The fourth-order valence-electron chi connectivity index (χ4n) is 2.56. The highest BCUT2D eigenvalue weighted by atomic mass is 16.6. The van der Waals surface area contributed by atoms with Crippen LogP contribution in [0.5, 0.6) is 0 Å². The van der Waals surface area contributed by atoms with Crippen LogP contribution in [0, 0.1) is 26.1 Å². The molecule has 0 aliphatic carbocycles. The van der Waals surface area contributed by atoms with Gasteiger partial charge in [0.15, 0.2) is 0 Å². The molecule has 0 fully saturated rings. The van der Waals surface area contributed by atoms with Crippen molar-refractivity contribution >= 4 is 17.3 Å². The third-order valence-corrected chi connectivity index (χ3v) is 4.17. The van der Waals surface area contributed by atoms with E-state index in [4.69, 9.17) is 4.74 Å². The highest BCUT2D eigenvalue weighted by molar-refractivity contribution is 5.91. The second kappa shape index (κ2) is 9.42. The van der Waals surface area contributed by atoms with Crippen LogP contribution in [0.3, 0.4) is 0 Å². The molecule has 2 rings (SSSR count). The molecule has 0 bridgehead atoms. The number of benzene rings is 2. The van der Waals surface area contributed by atoms with Gasteiger partial charge in [0.2, 0.25) is 0 Å². The van der Waals surface area contributed by atoms with Crippen molar-refractivity contribution in [2.45, 2.75) is 26.2 Å². The Morgan fingerprint density at radius 2 is 1.59 bits per heavy atom. The fraction of sp³-hybridized carbons (Fsp3) is 0.316. The van der Waals surface area contributed by atoms with E-state index in [2.05, 4.69) is 19.1 Å². The Hall–Kier alpha value is -3.29. The second-order valence-corrected chi connectivity index (χ2v) is 6.31. The van der Waals surface area contributed by atoms with Crippen molar-refractivity contribution in [2.24, 2.45) is 5.92 Å². The molecule has 0 radical (unpaired) electrons. The summed E-state index contributed by atoms with van der Waals surface area (Å²) in [6.45, 7) is 2.19. The summed E-state index contributed by atoms with van der Waals surface area (Å²) in [5.41, 5.74) is -0.00199. The molecule has 2 aromatic rings. The number of carbonyl (C=O) groups excluding carboxylic acids is 1. The third-order valence-electron chi connectivity index (χ3n) is 4.17. The monoisotopic (exact) mass is 372 g/mol. The topological polar surface area (TPSA) is 113 Å². The molecule has 0 aliphatic heterocycles. The molecule has 0 aliphatic rings. The van der Waals surface area contributed by atoms with Crippen LogP contribution in [0.15, 0.2) is 48.5 Å². The van der Waals surface area contributed by atoms with Gasteiger partial charge in [-0.2, -0.15) is 0 Å². The highest BCUT2D eigenvalue weighted by Crippen LogP contribution is 2.23. The summed E-state index contributed by atoms with van der Waals surface area (Å²) in [6.07, 6.45) is 2.49. The Morgan fingerprint density at radius 3 is 2.15 bits per heavy atom. The van der Waals surface area contributed by atoms with E-state index in [-0.39, 0.29) is 12.2 Å². The molecule has 2 aromatic carbocycles. The molecule has 0 aromatic heterocycles. The standard InChI is InChI=1S/C19H20N2O6/c1-14(7-8-15-5-3-2-4-6-15)9-10-27-19(22)16-11-17(20(23)24)13-18(12-16)21(25)26/h2-6,11-14H,7-10H2,1H3. The van der Waals surface area contributed by atoms with Gasteiger partial charge in [-0.3, -0.25) is 20.2 Å². The van der Waals surface area contributed by atoms with E-state index in [9.17, 15) is 25.0 Å². The van der Waals surface area contributed by atoms with E-state index in [0.717, 1.165) is 31.0 Å². The van der Waals surface area contributed by atoms with E-state index in [1.807, 2.05) is 18.2 Å². The Bertz CT molecular complexity index is 790. The van der Waals surface area contributed by atoms with Crippen molar-refractivity contribution in [2.75, 3.05) is 6.61 Å². The quantitative estimate of drug-likeness (QED) is 0.368. The van der Waals surface area contributed by atoms with Crippen LogP contribution in [0.1, 0.15) is 35.7 Å². The lowest BCUT2D eigenvalue weighted by atomic mass is 9.99. The van der Waals surface area contributed by atoms with Crippen molar-refractivity contribution in [1.29, 1.82) is 0 Å². The fourth-order valence-corrected chi connectivity index (χ4v) is 2.56. The number of nitrogens with zero attached hydrogens (tertiary/aromatic N) is 2. The number of non-ortho nitro benzene ring substituents is 2. The molecule has 1 unspecified atom stereocenters. The molecule has 0 heterocycles.